The number of thiazole rings is 1. The Balaban J connectivity index is 1.74. The van der Waals surface area contributed by atoms with Crippen LogP contribution in [0.15, 0.2) is 17.5 Å². The van der Waals surface area contributed by atoms with Crippen molar-refractivity contribution in [2.75, 3.05) is 18.0 Å². The Kier molecular flexibility index (Phi) is 2.64. The lowest BCUT2D eigenvalue weighted by atomic mass is 10.2. The van der Waals surface area contributed by atoms with E-state index in [-0.39, 0.29) is 17.9 Å². The molecular weight excluding hydrogens is 254 g/mol. The maximum absolute atomic E-state index is 9.54. The second-order valence-corrected chi connectivity index (χ2v) is 5.15. The summed E-state index contributed by atoms with van der Waals surface area (Å²) >= 11 is 1.50. The van der Waals surface area contributed by atoms with Crippen LogP contribution in [-0.2, 0) is 6.54 Å². The molecule has 1 saturated heterocycles. The predicted molar refractivity (Wildman–Crippen MR) is 67.2 cm³/mol. The molecule has 0 amide bonds. The number of aliphatic hydroxyl groups is 1. The van der Waals surface area contributed by atoms with Gasteiger partial charge in [-0.05, 0) is 0 Å². The van der Waals surface area contributed by atoms with Gasteiger partial charge in [-0.3, -0.25) is 4.57 Å². The molecule has 18 heavy (non-hydrogen) atoms. The molecule has 0 aromatic carbocycles. The van der Waals surface area contributed by atoms with Crippen LogP contribution in [0.3, 0.4) is 0 Å². The molecule has 3 rings (SSSR count). The van der Waals surface area contributed by atoms with Crippen molar-refractivity contribution in [2.24, 2.45) is 0 Å². The molecule has 7 heteroatoms. The van der Waals surface area contributed by atoms with Gasteiger partial charge in [-0.15, -0.1) is 11.3 Å². The molecule has 2 aromatic rings. The van der Waals surface area contributed by atoms with Crippen molar-refractivity contribution in [1.29, 1.82) is 0 Å². The van der Waals surface area contributed by atoms with Crippen molar-refractivity contribution in [2.45, 2.75) is 12.6 Å². The van der Waals surface area contributed by atoms with Gasteiger partial charge in [0.15, 0.2) is 16.9 Å². The van der Waals surface area contributed by atoms with Crippen molar-refractivity contribution < 1.29 is 15.3 Å². The predicted octanol–water partition coefficient (Wildman–Crippen LogP) is 0.585. The second kappa shape index (κ2) is 4.18. The standard InChI is InChI=1S/C11H13N3O3S/c15-8-4-13(5-8)11-12-7(6-18-11)3-14-9(16)1-2-10(14)17/h1-2,6,8,15-17H,3-5H2. The van der Waals surface area contributed by atoms with Gasteiger partial charge in [-0.2, -0.15) is 0 Å². The fraction of sp³-hybridized carbons (Fsp3) is 0.364. The van der Waals surface area contributed by atoms with E-state index in [1.807, 2.05) is 10.3 Å². The van der Waals surface area contributed by atoms with Gasteiger partial charge in [-0.1, -0.05) is 0 Å². The highest BCUT2D eigenvalue weighted by Crippen LogP contribution is 2.27. The Bertz CT molecular complexity index is 540. The molecular formula is C11H13N3O3S. The summed E-state index contributed by atoms with van der Waals surface area (Å²) in [6, 6.07) is 2.88. The van der Waals surface area contributed by atoms with E-state index < -0.39 is 0 Å². The average molecular weight is 267 g/mol. The zero-order chi connectivity index (χ0) is 12.7. The van der Waals surface area contributed by atoms with E-state index in [2.05, 4.69) is 4.98 Å². The Morgan fingerprint density at radius 1 is 1.28 bits per heavy atom. The van der Waals surface area contributed by atoms with Crippen molar-refractivity contribution in [3.8, 4) is 11.8 Å². The molecule has 0 atom stereocenters. The molecule has 3 N–H and O–H groups in total. The maximum atomic E-state index is 9.54. The van der Waals surface area contributed by atoms with Crippen molar-refractivity contribution in [3.05, 3.63) is 23.2 Å². The molecule has 0 saturated carbocycles. The first-order valence-electron chi connectivity index (χ1n) is 5.58. The molecule has 1 aliphatic heterocycles. The number of hydrogen-bond donors (Lipinski definition) is 3. The van der Waals surface area contributed by atoms with Crippen LogP contribution in [0.25, 0.3) is 0 Å². The van der Waals surface area contributed by atoms with E-state index in [0.717, 1.165) is 10.8 Å². The average Bonchev–Trinajstić information content (AvgIpc) is 2.87. The normalized spacial score (nSPS) is 15.9. The molecule has 0 unspecified atom stereocenters. The van der Waals surface area contributed by atoms with Crippen LogP contribution in [-0.4, -0.2) is 44.1 Å². The minimum Gasteiger partial charge on any atom is -0.494 e. The summed E-state index contributed by atoms with van der Waals surface area (Å²) < 4.78 is 1.38. The fourth-order valence-electron chi connectivity index (χ4n) is 1.90. The van der Waals surface area contributed by atoms with Crippen LogP contribution < -0.4 is 4.90 Å². The zero-order valence-electron chi connectivity index (χ0n) is 9.52. The number of hydrogen-bond acceptors (Lipinski definition) is 6. The summed E-state index contributed by atoms with van der Waals surface area (Å²) in [7, 11) is 0. The van der Waals surface area contributed by atoms with E-state index >= 15 is 0 Å². The number of aliphatic hydroxyl groups excluding tert-OH is 1. The van der Waals surface area contributed by atoms with Gasteiger partial charge in [0.25, 0.3) is 0 Å². The number of anilines is 1. The zero-order valence-corrected chi connectivity index (χ0v) is 10.3. The molecule has 0 bridgehead atoms. The highest BCUT2D eigenvalue weighted by atomic mass is 32.1. The van der Waals surface area contributed by atoms with E-state index in [9.17, 15) is 15.3 Å². The fourth-order valence-corrected chi connectivity index (χ4v) is 2.73. The summed E-state index contributed by atoms with van der Waals surface area (Å²) in [5.74, 6) is 0.0304. The van der Waals surface area contributed by atoms with E-state index in [0.29, 0.717) is 19.6 Å². The molecule has 0 spiro atoms. The lowest BCUT2D eigenvalue weighted by Gasteiger charge is -2.35. The lowest BCUT2D eigenvalue weighted by Crippen LogP contribution is -2.50. The van der Waals surface area contributed by atoms with Crippen molar-refractivity contribution >= 4 is 16.5 Å². The number of rotatable bonds is 3. The summed E-state index contributed by atoms with van der Waals surface area (Å²) in [6.45, 7) is 1.57. The van der Waals surface area contributed by atoms with E-state index in [1.54, 1.807) is 0 Å². The molecule has 1 fully saturated rings. The SMILES string of the molecule is Oc1ccc(O)n1Cc1csc(N2CC(O)C2)n1. The van der Waals surface area contributed by atoms with Crippen LogP contribution in [0.5, 0.6) is 11.8 Å². The maximum Gasteiger partial charge on any atom is 0.194 e. The van der Waals surface area contributed by atoms with Crippen molar-refractivity contribution in [1.82, 2.24) is 9.55 Å². The first-order chi connectivity index (χ1) is 8.63. The second-order valence-electron chi connectivity index (χ2n) is 4.32. The first-order valence-corrected chi connectivity index (χ1v) is 6.46. The number of aromatic nitrogens is 2. The molecule has 0 radical (unpaired) electrons. The first kappa shape index (κ1) is 11.4. The Morgan fingerprint density at radius 2 is 1.94 bits per heavy atom. The highest BCUT2D eigenvalue weighted by molar-refractivity contribution is 7.13. The molecule has 1 aliphatic rings. The Morgan fingerprint density at radius 3 is 2.56 bits per heavy atom. The van der Waals surface area contributed by atoms with Crippen molar-refractivity contribution in [3.63, 3.8) is 0 Å². The van der Waals surface area contributed by atoms with Crippen LogP contribution >= 0.6 is 11.3 Å². The number of β-amino-alcohol motifs (C(OH)–C–C–N with tert-alkyl or cyclic N) is 1. The van der Waals surface area contributed by atoms with Gasteiger partial charge in [-0.25, -0.2) is 4.98 Å². The lowest BCUT2D eigenvalue weighted by molar-refractivity contribution is 0.142. The third-order valence-corrected chi connectivity index (χ3v) is 3.88. The van der Waals surface area contributed by atoms with Crippen LogP contribution in [0.1, 0.15) is 5.69 Å². The summed E-state index contributed by atoms with van der Waals surface area (Å²) in [5, 5.41) is 31.1. The quantitative estimate of drug-likeness (QED) is 0.758. The Hall–Kier alpha value is -1.73. The third-order valence-electron chi connectivity index (χ3n) is 2.93. The van der Waals surface area contributed by atoms with Gasteiger partial charge in [0.1, 0.15) is 0 Å². The Labute approximate surface area is 107 Å². The van der Waals surface area contributed by atoms with Crippen LogP contribution in [0.2, 0.25) is 0 Å². The monoisotopic (exact) mass is 267 g/mol. The van der Waals surface area contributed by atoms with Crippen LogP contribution in [0, 0.1) is 0 Å². The molecule has 96 valence electrons. The molecule has 6 nitrogen and oxygen atoms in total. The minimum absolute atomic E-state index is 0.0152. The summed E-state index contributed by atoms with van der Waals surface area (Å²) in [6.07, 6.45) is -0.255. The number of nitrogens with zero attached hydrogens (tertiary/aromatic N) is 3. The van der Waals surface area contributed by atoms with Crippen LogP contribution in [0.4, 0.5) is 5.13 Å². The smallest absolute Gasteiger partial charge is 0.194 e. The summed E-state index contributed by atoms with van der Waals surface area (Å²) in [4.78, 5) is 6.41. The summed E-state index contributed by atoms with van der Waals surface area (Å²) in [5.41, 5.74) is 0.776. The van der Waals surface area contributed by atoms with Gasteiger partial charge in [0.2, 0.25) is 0 Å². The van der Waals surface area contributed by atoms with Gasteiger partial charge >= 0.3 is 0 Å². The number of aromatic hydroxyl groups is 2. The molecule has 2 aromatic heterocycles. The van der Waals surface area contributed by atoms with E-state index in [4.69, 9.17) is 0 Å². The van der Waals surface area contributed by atoms with E-state index in [1.165, 1.54) is 28.0 Å². The van der Waals surface area contributed by atoms with Gasteiger partial charge in [0, 0.05) is 30.6 Å². The largest absolute Gasteiger partial charge is 0.494 e. The third kappa shape index (κ3) is 1.91. The minimum atomic E-state index is -0.255. The molecule has 0 aliphatic carbocycles. The molecule has 3 heterocycles. The van der Waals surface area contributed by atoms with Gasteiger partial charge in [0.05, 0.1) is 18.3 Å². The van der Waals surface area contributed by atoms with Gasteiger partial charge < -0.3 is 20.2 Å². The highest BCUT2D eigenvalue weighted by Gasteiger charge is 2.26. The topological polar surface area (TPSA) is 81.8 Å².